The quantitative estimate of drug-likeness (QED) is 0.740. The zero-order chi connectivity index (χ0) is 14.5. The second-order valence-corrected chi connectivity index (χ2v) is 6.18. The second kappa shape index (κ2) is 7.81. The maximum Gasteiger partial charge on any atom is 0.225 e. The van der Waals surface area contributed by atoms with Crippen molar-refractivity contribution in [3.63, 3.8) is 0 Å². The molecule has 0 aliphatic carbocycles. The van der Waals surface area contributed by atoms with E-state index < -0.39 is 0 Å². The molecular weight excluding hydrogens is 222 g/mol. The van der Waals surface area contributed by atoms with E-state index in [1.165, 1.54) is 6.42 Å². The van der Waals surface area contributed by atoms with Crippen LogP contribution in [0.2, 0.25) is 0 Å². The molecule has 0 aromatic carbocycles. The number of carbonyl (C=O) groups is 1. The standard InChI is InChI=1S/C14H27NO.C2H6/c1-9(2)12(6)14(16)15-8-11(5)7-13(15)10(3)4;1-2/h9-13H,7-8H2,1-6H3;1-2H3/t11?,12?,13-;/m0./s1. The maximum absolute atomic E-state index is 12.4. The van der Waals surface area contributed by atoms with Gasteiger partial charge in [0, 0.05) is 18.5 Å². The van der Waals surface area contributed by atoms with Crippen LogP contribution in [-0.4, -0.2) is 23.4 Å². The highest BCUT2D eigenvalue weighted by Crippen LogP contribution is 2.30. The molecule has 2 nitrogen and oxygen atoms in total. The summed E-state index contributed by atoms with van der Waals surface area (Å²) < 4.78 is 0. The van der Waals surface area contributed by atoms with Gasteiger partial charge in [-0.2, -0.15) is 0 Å². The lowest BCUT2D eigenvalue weighted by Gasteiger charge is -2.31. The summed E-state index contributed by atoms with van der Waals surface area (Å²) in [7, 11) is 0. The zero-order valence-electron chi connectivity index (χ0n) is 13.7. The Hall–Kier alpha value is -0.530. The fourth-order valence-corrected chi connectivity index (χ4v) is 2.52. The van der Waals surface area contributed by atoms with E-state index in [0.717, 1.165) is 6.54 Å². The van der Waals surface area contributed by atoms with Crippen molar-refractivity contribution in [1.29, 1.82) is 0 Å². The SMILES string of the molecule is CC.CC1C[C@@H](C(C)C)N(C(=O)C(C)C(C)C)C1. The van der Waals surface area contributed by atoms with Crippen molar-refractivity contribution in [1.82, 2.24) is 4.90 Å². The predicted molar refractivity (Wildman–Crippen MR) is 79.5 cm³/mol. The maximum atomic E-state index is 12.4. The van der Waals surface area contributed by atoms with Crippen LogP contribution in [0.1, 0.15) is 61.8 Å². The van der Waals surface area contributed by atoms with Gasteiger partial charge in [0.1, 0.15) is 0 Å². The van der Waals surface area contributed by atoms with E-state index >= 15 is 0 Å². The summed E-state index contributed by atoms with van der Waals surface area (Å²) in [6, 6.07) is 0.462. The van der Waals surface area contributed by atoms with Gasteiger partial charge in [0.15, 0.2) is 0 Å². The first-order valence-corrected chi connectivity index (χ1v) is 7.65. The molecular formula is C16H33NO. The molecule has 2 heteroatoms. The lowest BCUT2D eigenvalue weighted by molar-refractivity contribution is -0.138. The average Bonchev–Trinajstić information content (AvgIpc) is 2.72. The van der Waals surface area contributed by atoms with Gasteiger partial charge in [0.2, 0.25) is 5.91 Å². The minimum atomic E-state index is 0.159. The van der Waals surface area contributed by atoms with E-state index in [4.69, 9.17) is 0 Å². The van der Waals surface area contributed by atoms with Gasteiger partial charge in [-0.25, -0.2) is 0 Å². The summed E-state index contributed by atoms with van der Waals surface area (Å²) in [6.45, 7) is 18.0. The number of carbonyl (C=O) groups excluding carboxylic acids is 1. The summed E-state index contributed by atoms with van der Waals surface area (Å²) in [5.74, 6) is 2.20. The summed E-state index contributed by atoms with van der Waals surface area (Å²) in [6.07, 6.45) is 1.17. The molecule has 0 saturated carbocycles. The Bertz CT molecular complexity index is 247. The van der Waals surface area contributed by atoms with Gasteiger partial charge in [0.25, 0.3) is 0 Å². The van der Waals surface area contributed by atoms with Gasteiger partial charge in [-0.1, -0.05) is 55.4 Å². The van der Waals surface area contributed by atoms with Crippen LogP contribution in [0.5, 0.6) is 0 Å². The summed E-state index contributed by atoms with van der Waals surface area (Å²) in [5.41, 5.74) is 0. The van der Waals surface area contributed by atoms with Crippen molar-refractivity contribution < 1.29 is 4.79 Å². The van der Waals surface area contributed by atoms with Crippen LogP contribution in [0.25, 0.3) is 0 Å². The Morgan fingerprint density at radius 1 is 1.11 bits per heavy atom. The van der Waals surface area contributed by atoms with Gasteiger partial charge in [0.05, 0.1) is 0 Å². The smallest absolute Gasteiger partial charge is 0.225 e. The van der Waals surface area contributed by atoms with Crippen molar-refractivity contribution in [3.8, 4) is 0 Å². The molecule has 1 rings (SSSR count). The van der Waals surface area contributed by atoms with Crippen molar-refractivity contribution in [3.05, 3.63) is 0 Å². The van der Waals surface area contributed by atoms with Crippen molar-refractivity contribution in [2.75, 3.05) is 6.54 Å². The van der Waals surface area contributed by atoms with E-state index in [0.29, 0.717) is 29.7 Å². The zero-order valence-corrected chi connectivity index (χ0v) is 13.7. The van der Waals surface area contributed by atoms with Gasteiger partial charge < -0.3 is 4.90 Å². The van der Waals surface area contributed by atoms with Gasteiger partial charge >= 0.3 is 0 Å². The minimum absolute atomic E-state index is 0.159. The van der Waals surface area contributed by atoms with E-state index in [1.807, 2.05) is 13.8 Å². The van der Waals surface area contributed by atoms with Gasteiger partial charge in [-0.3, -0.25) is 4.79 Å². The highest BCUT2D eigenvalue weighted by molar-refractivity contribution is 5.79. The molecule has 1 aliphatic rings. The van der Waals surface area contributed by atoms with Crippen LogP contribution in [0.4, 0.5) is 0 Å². The Balaban J connectivity index is 0.00000137. The van der Waals surface area contributed by atoms with Crippen LogP contribution >= 0.6 is 0 Å². The van der Waals surface area contributed by atoms with Crippen molar-refractivity contribution in [2.45, 2.75) is 67.9 Å². The third kappa shape index (κ3) is 4.29. The monoisotopic (exact) mass is 255 g/mol. The van der Waals surface area contributed by atoms with E-state index in [-0.39, 0.29) is 5.92 Å². The Morgan fingerprint density at radius 2 is 1.61 bits per heavy atom. The molecule has 18 heavy (non-hydrogen) atoms. The topological polar surface area (TPSA) is 20.3 Å². The largest absolute Gasteiger partial charge is 0.339 e. The summed E-state index contributed by atoms with van der Waals surface area (Å²) in [4.78, 5) is 14.5. The third-order valence-corrected chi connectivity index (χ3v) is 3.99. The molecule has 0 bridgehead atoms. The number of hydrogen-bond acceptors (Lipinski definition) is 1. The minimum Gasteiger partial charge on any atom is -0.339 e. The number of likely N-dealkylation sites (tertiary alicyclic amines) is 1. The molecule has 1 saturated heterocycles. The van der Waals surface area contributed by atoms with Crippen LogP contribution in [0.15, 0.2) is 0 Å². The highest BCUT2D eigenvalue weighted by atomic mass is 16.2. The fraction of sp³-hybridized carbons (Fsp3) is 0.938. The van der Waals surface area contributed by atoms with Crippen molar-refractivity contribution in [2.24, 2.45) is 23.7 Å². The fourth-order valence-electron chi connectivity index (χ4n) is 2.52. The predicted octanol–water partition coefficient (Wildman–Crippen LogP) is 4.20. The molecule has 108 valence electrons. The summed E-state index contributed by atoms with van der Waals surface area (Å²) in [5, 5.41) is 0. The lowest BCUT2D eigenvalue weighted by Crippen LogP contribution is -2.42. The molecule has 0 spiro atoms. The molecule has 1 fully saturated rings. The number of amides is 1. The molecule has 3 atom stereocenters. The molecule has 2 unspecified atom stereocenters. The molecule has 1 heterocycles. The highest BCUT2D eigenvalue weighted by Gasteiger charge is 2.36. The first kappa shape index (κ1) is 17.5. The Morgan fingerprint density at radius 3 is 2.00 bits per heavy atom. The van der Waals surface area contributed by atoms with Crippen LogP contribution in [0.3, 0.4) is 0 Å². The number of rotatable bonds is 3. The second-order valence-electron chi connectivity index (χ2n) is 6.18. The van der Waals surface area contributed by atoms with E-state index in [9.17, 15) is 4.79 Å². The van der Waals surface area contributed by atoms with E-state index in [1.54, 1.807) is 0 Å². The molecule has 0 N–H and O–H groups in total. The normalized spacial score (nSPS) is 25.1. The average molecular weight is 255 g/mol. The van der Waals surface area contributed by atoms with E-state index in [2.05, 4.69) is 46.4 Å². The lowest BCUT2D eigenvalue weighted by atomic mass is 9.94. The van der Waals surface area contributed by atoms with Gasteiger partial charge in [-0.15, -0.1) is 0 Å². The molecule has 1 amide bonds. The van der Waals surface area contributed by atoms with Gasteiger partial charge in [-0.05, 0) is 24.2 Å². The molecule has 0 aromatic rings. The molecule has 0 aromatic heterocycles. The Labute approximate surface area is 114 Å². The van der Waals surface area contributed by atoms with Crippen LogP contribution in [-0.2, 0) is 4.79 Å². The Kier molecular flexibility index (Phi) is 7.58. The first-order valence-electron chi connectivity index (χ1n) is 7.65. The summed E-state index contributed by atoms with van der Waals surface area (Å²) >= 11 is 0. The molecule has 0 radical (unpaired) electrons. The van der Waals surface area contributed by atoms with Crippen LogP contribution < -0.4 is 0 Å². The first-order chi connectivity index (χ1) is 8.34. The number of hydrogen-bond donors (Lipinski definition) is 0. The number of nitrogens with zero attached hydrogens (tertiary/aromatic N) is 1. The van der Waals surface area contributed by atoms with Crippen LogP contribution in [0, 0.1) is 23.7 Å². The third-order valence-electron chi connectivity index (χ3n) is 3.99. The van der Waals surface area contributed by atoms with Crippen molar-refractivity contribution >= 4 is 5.91 Å². The molecule has 1 aliphatic heterocycles.